The Kier molecular flexibility index (Phi) is 33.0. The Bertz CT molecular complexity index is 3240. The van der Waals surface area contributed by atoms with Gasteiger partial charge >= 0.3 is 5.97 Å². The van der Waals surface area contributed by atoms with Crippen LogP contribution in [0.2, 0.25) is 0 Å². The summed E-state index contributed by atoms with van der Waals surface area (Å²) in [6.07, 6.45) is 1.56. The van der Waals surface area contributed by atoms with Gasteiger partial charge in [-0.1, -0.05) is 89.1 Å². The van der Waals surface area contributed by atoms with Crippen LogP contribution in [0.15, 0.2) is 43.0 Å². The Morgan fingerprint density at radius 2 is 1.28 bits per heavy atom. The maximum absolute atomic E-state index is 14.9. The average Bonchev–Trinajstić information content (AvgIpc) is 1.64. The topological polar surface area (TPSA) is 477 Å². The van der Waals surface area contributed by atoms with E-state index in [9.17, 15) is 72.5 Å². The number of amides is 12. The number of benzene rings is 1. The Hall–Kier alpha value is -7.60. The van der Waals surface area contributed by atoms with Gasteiger partial charge in [0.05, 0.1) is 25.0 Å². The number of hydrogen-bond acceptors (Lipinski definition) is 20. The summed E-state index contributed by atoms with van der Waals surface area (Å²) in [6, 6.07) is -7.58. The lowest BCUT2D eigenvalue weighted by molar-refractivity contribution is -0.138. The largest absolute Gasteiger partial charge is 0.481 e. The fraction of sp³-hybridized carbons (Fsp3) is 0.619. The highest BCUT2D eigenvalue weighted by molar-refractivity contribution is 8.77. The first-order chi connectivity index (χ1) is 46.3. The number of fused-ring (bicyclic) bond motifs is 9. The summed E-state index contributed by atoms with van der Waals surface area (Å²) < 4.78 is 0. The second-order valence-corrected chi connectivity index (χ2v) is 31.4. The molecule has 98 heavy (non-hydrogen) atoms. The molecule has 1 aromatic carbocycles. The molecule has 0 spiro atoms. The lowest BCUT2D eigenvalue weighted by Gasteiger charge is -2.29. The number of nitrogens with two attached hydrogens (primary N) is 1. The Morgan fingerprint density at radius 3 is 1.92 bits per heavy atom. The van der Waals surface area contributed by atoms with E-state index in [-0.39, 0.29) is 74.0 Å². The van der Waals surface area contributed by atoms with E-state index in [1.54, 1.807) is 46.0 Å². The first-order valence-corrected chi connectivity index (χ1v) is 37.5. The molecule has 0 radical (unpaired) electrons. The fourth-order valence-corrected chi connectivity index (χ4v) is 15.1. The molecular weight excluding hydrogens is 1350 g/mol. The molecule has 3 aromatic rings. The van der Waals surface area contributed by atoms with Crippen molar-refractivity contribution in [1.82, 2.24) is 78.8 Å². The van der Waals surface area contributed by atoms with Crippen LogP contribution in [-0.2, 0) is 75.2 Å². The van der Waals surface area contributed by atoms with Crippen molar-refractivity contribution in [3.8, 4) is 0 Å². The van der Waals surface area contributed by atoms with Crippen LogP contribution >= 0.6 is 43.2 Å². The second kappa shape index (κ2) is 39.9. The molecule has 2 bridgehead atoms. The molecule has 0 aliphatic carbocycles. The Balaban J connectivity index is 1.64. The maximum atomic E-state index is 14.9. The number of nitrogens with one attached hydrogen (secondary N) is 14. The molecule has 5 rings (SSSR count). The van der Waals surface area contributed by atoms with E-state index in [1.807, 2.05) is 32.9 Å². The predicted molar refractivity (Wildman–Crippen MR) is 374 cm³/mol. The summed E-state index contributed by atoms with van der Waals surface area (Å²) in [5.74, 6) is -11.5. The second-order valence-electron chi connectivity index (χ2n) is 26.2. The van der Waals surface area contributed by atoms with Crippen molar-refractivity contribution in [3.05, 3.63) is 54.2 Å². The van der Waals surface area contributed by atoms with Crippen molar-refractivity contribution >= 4 is 131 Å². The van der Waals surface area contributed by atoms with Crippen LogP contribution in [0.5, 0.6) is 0 Å². The maximum Gasteiger partial charge on any atom is 0.303 e. The smallest absolute Gasteiger partial charge is 0.303 e. The molecule has 2 fully saturated rings. The van der Waals surface area contributed by atoms with Gasteiger partial charge in [0.25, 0.3) is 0 Å². The number of aliphatic hydroxyl groups is 1. The number of rotatable bonds is 16. The number of carboxylic acids is 1. The fourth-order valence-electron chi connectivity index (χ4n) is 10.5. The molecule has 0 unspecified atom stereocenters. The van der Waals surface area contributed by atoms with Gasteiger partial charge in [0.15, 0.2) is 0 Å². The highest BCUT2D eigenvalue weighted by Gasteiger charge is 2.37. The number of para-hydroxylation sites is 1. The molecule has 2 aromatic heterocycles. The number of aliphatic carboxylic acids is 1. The van der Waals surface area contributed by atoms with Crippen LogP contribution < -0.4 is 69.5 Å². The van der Waals surface area contributed by atoms with E-state index in [0.717, 1.165) is 21.6 Å². The van der Waals surface area contributed by atoms with Gasteiger partial charge in [-0.3, -0.25) is 62.3 Å². The SMILES string of the molecule is CC(C)C[C@@H]1NC(=O)[C@H](Cc2cnc[nH]2)NC(=O)[C@@H]2CCCSSCC[C@@H](CC(=O)N[C@@H](Cc3c[nH]c4ccccc34)C(=O)N[C@H](C(=O)N[C@H](C(N)=O)[C@@H](C)O)CSSC[C@H](NC(C)(C)C)C(=O)N[C@@H](C)C(=O)N2)NC(=O)[C@H](CC(C)C)NC(=O)[C@H](CCC(=O)O)NC(=O)CNC1=O. The first kappa shape index (κ1) is 81.1. The number of aromatic nitrogens is 3. The number of aliphatic hydroxyl groups excluding tert-OH is 1. The van der Waals surface area contributed by atoms with Gasteiger partial charge in [-0.15, -0.1) is 0 Å². The number of carbonyl (C=O) groups excluding carboxylic acids is 12. The van der Waals surface area contributed by atoms with Gasteiger partial charge in [0.1, 0.15) is 54.4 Å². The van der Waals surface area contributed by atoms with Gasteiger partial charge in [-0.05, 0) is 96.6 Å². The zero-order valence-corrected chi connectivity index (χ0v) is 59.9. The summed E-state index contributed by atoms with van der Waals surface area (Å²) in [4.78, 5) is 193. The monoisotopic (exact) mass is 1440 g/mol. The summed E-state index contributed by atoms with van der Waals surface area (Å²) in [5.41, 5.74) is 6.59. The standard InChI is InChI=1S/C63H96N16O15S4/c1-32(2)21-43-55(87)67-28-50(82)71-42(16-17-51(83)84)57(89)75-44(22-33(3)4)58(90)70-37-18-20-96-95-19-12-15-41(56(88)76-46(60(92)74-43)24-38-27-65-31-68-38)73-54(86)34(5)69-62(94)48(79-63(7,8)9)30-98-97-29-47(61(93)78-52(35(6)80)53(64)85)77-59(91)45(72-49(81)25-37)23-36-26-66-40-14-11-10-13-39(36)40/h10-11,13-14,26-27,31-35,37,41-48,52,66,79-80H,12,15-25,28-30H2,1-9H3,(H2,64,85)(H,65,68)(H,67,87)(H,69,94)(H,70,90)(H,71,82)(H,72,81)(H,73,86)(H,74,92)(H,75,89)(H,76,88)(H,77,91)(H,78,93)(H,83,84)/t34-,35+,37-,41-,42-,43-,44-,45-,46-,47-,48-,52-/m0/s1. The number of imidazole rings is 1. The number of carboxylic acid groups (broad SMARTS) is 1. The molecule has 0 saturated carbocycles. The van der Waals surface area contributed by atoms with Crippen LogP contribution in [0, 0.1) is 11.8 Å². The predicted octanol–water partition coefficient (Wildman–Crippen LogP) is -0.410. The number of primary amides is 1. The lowest BCUT2D eigenvalue weighted by atomic mass is 10.0. The molecule has 2 saturated heterocycles. The Morgan fingerprint density at radius 1 is 0.663 bits per heavy atom. The van der Waals surface area contributed by atoms with Crippen LogP contribution in [0.25, 0.3) is 10.9 Å². The minimum Gasteiger partial charge on any atom is -0.481 e. The number of carbonyl (C=O) groups is 13. The zero-order valence-electron chi connectivity index (χ0n) is 56.6. The highest BCUT2D eigenvalue weighted by atomic mass is 33.1. The average molecular weight is 1450 g/mol. The normalized spacial score (nSPS) is 25.3. The number of H-pyrrole nitrogens is 2. The quantitative estimate of drug-likeness (QED) is 0.0811. The van der Waals surface area contributed by atoms with Gasteiger partial charge < -0.3 is 89.7 Å². The minimum atomic E-state index is -1.60. The van der Waals surface area contributed by atoms with Crippen molar-refractivity contribution in [2.24, 2.45) is 17.6 Å². The zero-order chi connectivity index (χ0) is 72.4. The third-order valence-electron chi connectivity index (χ3n) is 15.5. The van der Waals surface area contributed by atoms with Gasteiger partial charge in [0, 0.05) is 89.3 Å². The molecule has 18 N–H and O–H groups in total. The summed E-state index contributed by atoms with van der Waals surface area (Å²) in [5, 5.41) is 53.6. The van der Waals surface area contributed by atoms with Gasteiger partial charge in [-0.25, -0.2) is 4.98 Å². The summed E-state index contributed by atoms with van der Waals surface area (Å²) in [6.45, 7) is 14.5. The van der Waals surface area contributed by atoms with Crippen molar-refractivity contribution < 1.29 is 72.5 Å². The van der Waals surface area contributed by atoms with E-state index in [1.165, 1.54) is 48.0 Å². The third-order valence-corrected chi connectivity index (χ3v) is 20.4. The molecular formula is C63H96N16O15S4. The van der Waals surface area contributed by atoms with Crippen LogP contribution in [0.1, 0.15) is 125 Å². The van der Waals surface area contributed by atoms with Gasteiger partial charge in [0.2, 0.25) is 70.9 Å². The molecule has 12 atom stereocenters. The van der Waals surface area contributed by atoms with Gasteiger partial charge in [-0.2, -0.15) is 0 Å². The van der Waals surface area contributed by atoms with Crippen LogP contribution in [0.3, 0.4) is 0 Å². The summed E-state index contributed by atoms with van der Waals surface area (Å²) >= 11 is 0. The molecule has 542 valence electrons. The third kappa shape index (κ3) is 28.0. The first-order valence-electron chi connectivity index (χ1n) is 32.5. The van der Waals surface area contributed by atoms with Crippen molar-refractivity contribution in [2.75, 3.05) is 29.6 Å². The Labute approximate surface area is 585 Å². The van der Waals surface area contributed by atoms with Crippen molar-refractivity contribution in [1.29, 1.82) is 0 Å². The number of hydrogen-bond donors (Lipinski definition) is 17. The number of nitrogens with zero attached hydrogens (tertiary/aromatic N) is 1. The van der Waals surface area contributed by atoms with Crippen molar-refractivity contribution in [3.63, 3.8) is 0 Å². The highest BCUT2D eigenvalue weighted by Crippen LogP contribution is 2.27. The number of aromatic amines is 2. The molecule has 31 nitrogen and oxygen atoms in total. The van der Waals surface area contributed by atoms with E-state index < -0.39 is 181 Å². The van der Waals surface area contributed by atoms with E-state index in [4.69, 9.17) is 5.73 Å². The molecule has 35 heteroatoms. The van der Waals surface area contributed by atoms with Crippen molar-refractivity contribution in [2.45, 2.75) is 205 Å². The van der Waals surface area contributed by atoms with Crippen LogP contribution in [-0.4, -0.2) is 210 Å². The minimum absolute atomic E-state index is 0.000208. The molecule has 2 aliphatic heterocycles. The lowest BCUT2D eigenvalue weighted by Crippen LogP contribution is -2.60. The van der Waals surface area contributed by atoms with E-state index in [2.05, 4.69) is 78.8 Å². The van der Waals surface area contributed by atoms with E-state index >= 15 is 0 Å². The molecule has 12 amide bonds. The molecule has 4 heterocycles. The summed E-state index contributed by atoms with van der Waals surface area (Å²) in [7, 11) is 4.86. The van der Waals surface area contributed by atoms with Crippen LogP contribution in [0.4, 0.5) is 0 Å². The molecule has 2 aliphatic rings. The van der Waals surface area contributed by atoms with E-state index in [0.29, 0.717) is 27.9 Å².